The van der Waals surface area contributed by atoms with Crippen molar-refractivity contribution in [3.05, 3.63) is 22.8 Å². The molecule has 5 heteroatoms. The Balaban J connectivity index is 1.67. The van der Waals surface area contributed by atoms with Gasteiger partial charge in [0.05, 0.1) is 13.2 Å². The normalized spacial score (nSPS) is 15.6. The molecule has 1 aromatic rings. The predicted octanol–water partition coefficient (Wildman–Crippen LogP) is 2.20. The number of fused-ring (bicyclic) bond motifs is 2. The fourth-order valence-electron chi connectivity index (χ4n) is 3.04. The minimum Gasteiger partial charge on any atom is -0.493 e. The van der Waals surface area contributed by atoms with Crippen LogP contribution in [0.25, 0.3) is 0 Å². The van der Waals surface area contributed by atoms with E-state index in [1.54, 1.807) is 0 Å². The van der Waals surface area contributed by atoms with E-state index in [1.165, 1.54) is 16.7 Å². The molecule has 0 spiro atoms. The fraction of sp³-hybridized carbons (Fsp3) is 0.588. The lowest BCUT2D eigenvalue weighted by atomic mass is 9.97. The molecule has 3 rings (SSSR count). The van der Waals surface area contributed by atoms with E-state index in [-0.39, 0.29) is 11.6 Å². The van der Waals surface area contributed by atoms with E-state index in [9.17, 15) is 4.79 Å². The first kappa shape index (κ1) is 15.0. The van der Waals surface area contributed by atoms with Crippen LogP contribution in [0.5, 0.6) is 11.5 Å². The molecule has 1 aromatic carbocycles. The van der Waals surface area contributed by atoms with Crippen LogP contribution in [-0.4, -0.2) is 31.3 Å². The molecule has 0 radical (unpaired) electrons. The Labute approximate surface area is 131 Å². The first-order valence-corrected chi connectivity index (χ1v) is 7.93. The minimum absolute atomic E-state index is 0.131. The first-order valence-electron chi connectivity index (χ1n) is 7.93. The molecular formula is C17H24N2O3. The molecule has 0 unspecified atom stereocenters. The van der Waals surface area contributed by atoms with Gasteiger partial charge in [-0.3, -0.25) is 0 Å². The van der Waals surface area contributed by atoms with Gasteiger partial charge >= 0.3 is 6.03 Å². The highest BCUT2D eigenvalue weighted by Crippen LogP contribution is 2.40. The predicted molar refractivity (Wildman–Crippen MR) is 84.8 cm³/mol. The molecule has 0 aromatic heterocycles. The lowest BCUT2D eigenvalue weighted by molar-refractivity contribution is 0.232. The third-order valence-corrected chi connectivity index (χ3v) is 3.91. The van der Waals surface area contributed by atoms with Crippen molar-refractivity contribution >= 4 is 6.03 Å². The van der Waals surface area contributed by atoms with Crippen molar-refractivity contribution in [3.63, 3.8) is 0 Å². The summed E-state index contributed by atoms with van der Waals surface area (Å²) in [5.74, 6) is 2.01. The lowest BCUT2D eigenvalue weighted by Gasteiger charge is -2.21. The SMILES string of the molecule is CC(C)(C)NC(=O)NCCc1c2c(cc3c1OCC3)OCC2. The summed E-state index contributed by atoms with van der Waals surface area (Å²) in [5.41, 5.74) is 3.46. The number of benzene rings is 1. The highest BCUT2D eigenvalue weighted by atomic mass is 16.5. The van der Waals surface area contributed by atoms with Crippen LogP contribution in [-0.2, 0) is 19.3 Å². The smallest absolute Gasteiger partial charge is 0.315 e. The summed E-state index contributed by atoms with van der Waals surface area (Å²) < 4.78 is 11.5. The van der Waals surface area contributed by atoms with Crippen molar-refractivity contribution in [3.8, 4) is 11.5 Å². The molecule has 2 aliphatic heterocycles. The third-order valence-electron chi connectivity index (χ3n) is 3.91. The second-order valence-corrected chi connectivity index (χ2v) is 6.90. The van der Waals surface area contributed by atoms with Gasteiger partial charge in [0.2, 0.25) is 0 Å². The average molecular weight is 304 g/mol. The first-order chi connectivity index (χ1) is 10.4. The minimum atomic E-state index is -0.226. The Kier molecular flexibility index (Phi) is 3.89. The van der Waals surface area contributed by atoms with Gasteiger partial charge in [0.25, 0.3) is 0 Å². The number of amides is 2. The Bertz CT molecular complexity index is 558. The molecule has 0 fully saturated rings. The molecular weight excluding hydrogens is 280 g/mol. The summed E-state index contributed by atoms with van der Waals surface area (Å²) in [4.78, 5) is 11.8. The van der Waals surface area contributed by atoms with Crippen LogP contribution in [0.1, 0.15) is 37.5 Å². The average Bonchev–Trinajstić information content (AvgIpc) is 3.03. The van der Waals surface area contributed by atoms with E-state index in [1.807, 2.05) is 20.8 Å². The molecule has 120 valence electrons. The monoisotopic (exact) mass is 304 g/mol. The Hall–Kier alpha value is -1.91. The Morgan fingerprint density at radius 3 is 2.77 bits per heavy atom. The summed E-state index contributed by atoms with van der Waals surface area (Å²) in [5, 5.41) is 5.83. The lowest BCUT2D eigenvalue weighted by Crippen LogP contribution is -2.46. The van der Waals surface area contributed by atoms with Gasteiger partial charge in [0, 0.05) is 41.6 Å². The summed E-state index contributed by atoms with van der Waals surface area (Å²) in [6.07, 6.45) is 2.64. The van der Waals surface area contributed by atoms with E-state index in [2.05, 4.69) is 16.7 Å². The molecule has 0 saturated carbocycles. The van der Waals surface area contributed by atoms with Crippen LogP contribution in [0.4, 0.5) is 4.79 Å². The van der Waals surface area contributed by atoms with Crippen LogP contribution in [0.15, 0.2) is 6.07 Å². The number of carbonyl (C=O) groups is 1. The number of carbonyl (C=O) groups excluding carboxylic acids is 1. The van der Waals surface area contributed by atoms with E-state index >= 15 is 0 Å². The summed E-state index contributed by atoms with van der Waals surface area (Å²) in [6, 6.07) is 1.99. The zero-order chi connectivity index (χ0) is 15.7. The highest BCUT2D eigenvalue weighted by molar-refractivity contribution is 5.74. The summed E-state index contributed by atoms with van der Waals surface area (Å²) in [6.45, 7) is 7.97. The molecule has 0 bridgehead atoms. The number of urea groups is 1. The van der Waals surface area contributed by atoms with Gasteiger partial charge < -0.3 is 20.1 Å². The number of nitrogens with one attached hydrogen (secondary N) is 2. The van der Waals surface area contributed by atoms with Crippen molar-refractivity contribution in [1.82, 2.24) is 10.6 Å². The number of hydrogen-bond acceptors (Lipinski definition) is 3. The molecule has 2 N–H and O–H groups in total. The van der Waals surface area contributed by atoms with E-state index < -0.39 is 0 Å². The second-order valence-electron chi connectivity index (χ2n) is 6.90. The van der Waals surface area contributed by atoms with E-state index in [0.717, 1.165) is 44.0 Å². The molecule has 2 heterocycles. The molecule has 0 saturated heterocycles. The second kappa shape index (κ2) is 5.71. The Morgan fingerprint density at radius 1 is 1.23 bits per heavy atom. The van der Waals surface area contributed by atoms with Gasteiger partial charge in [-0.25, -0.2) is 4.79 Å². The van der Waals surface area contributed by atoms with Gasteiger partial charge in [-0.15, -0.1) is 0 Å². The highest BCUT2D eigenvalue weighted by Gasteiger charge is 2.26. The van der Waals surface area contributed by atoms with Crippen LogP contribution in [0.2, 0.25) is 0 Å². The quantitative estimate of drug-likeness (QED) is 0.900. The van der Waals surface area contributed by atoms with Gasteiger partial charge in [-0.05, 0) is 33.3 Å². The third kappa shape index (κ3) is 3.13. The number of rotatable bonds is 3. The molecule has 2 aliphatic rings. The van der Waals surface area contributed by atoms with Gasteiger partial charge in [0.15, 0.2) is 0 Å². The van der Waals surface area contributed by atoms with Crippen LogP contribution >= 0.6 is 0 Å². The fourth-order valence-corrected chi connectivity index (χ4v) is 3.04. The number of ether oxygens (including phenoxy) is 2. The van der Waals surface area contributed by atoms with Gasteiger partial charge in [-0.2, -0.15) is 0 Å². The summed E-state index contributed by atoms with van der Waals surface area (Å²) >= 11 is 0. The Morgan fingerprint density at radius 2 is 2.00 bits per heavy atom. The molecule has 5 nitrogen and oxygen atoms in total. The van der Waals surface area contributed by atoms with Crippen LogP contribution < -0.4 is 20.1 Å². The standard InChI is InChI=1S/C17H24N2O3/c1-17(2,3)19-16(20)18-7-4-13-12-6-9-21-14(12)10-11-5-8-22-15(11)13/h10H,4-9H2,1-3H3,(H2,18,19,20). The maximum absolute atomic E-state index is 11.8. The van der Waals surface area contributed by atoms with Gasteiger partial charge in [-0.1, -0.05) is 0 Å². The zero-order valence-electron chi connectivity index (χ0n) is 13.5. The van der Waals surface area contributed by atoms with Crippen molar-refractivity contribution in [1.29, 1.82) is 0 Å². The van der Waals surface area contributed by atoms with Crippen molar-refractivity contribution in [2.45, 2.75) is 45.6 Å². The maximum Gasteiger partial charge on any atom is 0.315 e. The van der Waals surface area contributed by atoms with Crippen molar-refractivity contribution in [2.75, 3.05) is 19.8 Å². The number of hydrogen-bond donors (Lipinski definition) is 2. The molecule has 0 atom stereocenters. The van der Waals surface area contributed by atoms with Crippen molar-refractivity contribution < 1.29 is 14.3 Å². The maximum atomic E-state index is 11.8. The zero-order valence-corrected chi connectivity index (χ0v) is 13.5. The van der Waals surface area contributed by atoms with Crippen molar-refractivity contribution in [2.24, 2.45) is 0 Å². The summed E-state index contributed by atoms with van der Waals surface area (Å²) in [7, 11) is 0. The molecule has 0 aliphatic carbocycles. The largest absolute Gasteiger partial charge is 0.493 e. The van der Waals surface area contributed by atoms with Gasteiger partial charge in [0.1, 0.15) is 11.5 Å². The molecule has 22 heavy (non-hydrogen) atoms. The van der Waals surface area contributed by atoms with Crippen LogP contribution in [0.3, 0.4) is 0 Å². The van der Waals surface area contributed by atoms with E-state index in [0.29, 0.717) is 6.54 Å². The topological polar surface area (TPSA) is 59.6 Å². The molecule has 2 amide bonds. The van der Waals surface area contributed by atoms with E-state index in [4.69, 9.17) is 9.47 Å². The van der Waals surface area contributed by atoms with Crippen LogP contribution in [0, 0.1) is 0 Å².